The second-order valence-electron chi connectivity index (χ2n) is 5.70. The van der Waals surface area contributed by atoms with Crippen LogP contribution in [-0.2, 0) is 24.4 Å². The van der Waals surface area contributed by atoms with Gasteiger partial charge in [0.05, 0.1) is 0 Å². The highest BCUT2D eigenvalue weighted by Crippen LogP contribution is 2.30. The molecule has 3 aromatic rings. The number of hydrogen-bond donors (Lipinski definition) is 0. The average Bonchev–Trinajstić information content (AvgIpc) is 2.67. The molecule has 3 rings (SSSR count). The topological polar surface area (TPSA) is 35.5 Å². The maximum Gasteiger partial charge on any atom is 0.161 e. The Balaban J connectivity index is 1.74. The lowest BCUT2D eigenvalue weighted by molar-refractivity contribution is -0.107. The maximum atomic E-state index is 10.8. The van der Waals surface area contributed by atoms with E-state index in [2.05, 4.69) is 0 Å². The molecule has 0 amide bonds. The third-order valence-corrected chi connectivity index (χ3v) is 3.80. The van der Waals surface area contributed by atoms with Gasteiger partial charge in [-0.15, -0.1) is 0 Å². The lowest BCUT2D eigenvalue weighted by Gasteiger charge is -2.14. The van der Waals surface area contributed by atoms with Gasteiger partial charge in [0.1, 0.15) is 19.5 Å². The number of benzene rings is 3. The molecule has 0 unspecified atom stereocenters. The SMILES string of the molecule is O=CCc1ccc(OCc2ccccc2)c(OCc2ccccc2)c1. The number of carbonyl (C=O) groups is 1. The van der Waals surface area contributed by atoms with E-state index in [0.717, 1.165) is 23.0 Å². The summed E-state index contributed by atoms with van der Waals surface area (Å²) >= 11 is 0. The minimum atomic E-state index is 0.362. The molecule has 0 aliphatic heterocycles. The zero-order valence-corrected chi connectivity index (χ0v) is 13.9. The van der Waals surface area contributed by atoms with Crippen molar-refractivity contribution in [3.63, 3.8) is 0 Å². The molecule has 0 spiro atoms. The quantitative estimate of drug-likeness (QED) is 0.566. The van der Waals surface area contributed by atoms with Crippen LogP contribution in [0.5, 0.6) is 11.5 Å². The van der Waals surface area contributed by atoms with Gasteiger partial charge in [0, 0.05) is 6.42 Å². The zero-order chi connectivity index (χ0) is 17.3. The summed E-state index contributed by atoms with van der Waals surface area (Å²) in [7, 11) is 0. The third-order valence-electron chi connectivity index (χ3n) is 3.80. The lowest BCUT2D eigenvalue weighted by atomic mass is 10.1. The summed E-state index contributed by atoms with van der Waals surface area (Å²) < 4.78 is 11.9. The molecule has 0 saturated heterocycles. The molecule has 0 aliphatic carbocycles. The monoisotopic (exact) mass is 332 g/mol. The molecule has 3 aromatic carbocycles. The average molecular weight is 332 g/mol. The van der Waals surface area contributed by atoms with Gasteiger partial charge < -0.3 is 14.3 Å². The Morgan fingerprint density at radius 1 is 0.640 bits per heavy atom. The Labute approximate surface area is 147 Å². The number of hydrogen-bond acceptors (Lipinski definition) is 3. The normalized spacial score (nSPS) is 10.2. The van der Waals surface area contributed by atoms with Crippen LogP contribution in [0.3, 0.4) is 0 Å². The van der Waals surface area contributed by atoms with Crippen molar-refractivity contribution in [2.24, 2.45) is 0 Å². The zero-order valence-electron chi connectivity index (χ0n) is 13.9. The van der Waals surface area contributed by atoms with Gasteiger partial charge in [0.2, 0.25) is 0 Å². The van der Waals surface area contributed by atoms with E-state index in [1.807, 2.05) is 78.9 Å². The molecule has 0 saturated carbocycles. The molecule has 0 N–H and O–H groups in total. The highest BCUT2D eigenvalue weighted by molar-refractivity contribution is 5.57. The van der Waals surface area contributed by atoms with E-state index < -0.39 is 0 Å². The van der Waals surface area contributed by atoms with Crippen molar-refractivity contribution in [1.29, 1.82) is 0 Å². The van der Waals surface area contributed by atoms with Crippen LogP contribution in [0.2, 0.25) is 0 Å². The molecule has 3 heteroatoms. The fourth-order valence-electron chi connectivity index (χ4n) is 2.48. The fourth-order valence-corrected chi connectivity index (χ4v) is 2.48. The molecule has 0 atom stereocenters. The van der Waals surface area contributed by atoms with E-state index in [0.29, 0.717) is 31.1 Å². The van der Waals surface area contributed by atoms with Crippen molar-refractivity contribution in [3.05, 3.63) is 95.6 Å². The Bertz CT molecular complexity index is 798. The molecule has 0 heterocycles. The molecule has 0 fully saturated rings. The van der Waals surface area contributed by atoms with Crippen molar-refractivity contribution in [1.82, 2.24) is 0 Å². The van der Waals surface area contributed by atoms with Crippen LogP contribution in [0.25, 0.3) is 0 Å². The molecular formula is C22H20O3. The summed E-state index contributed by atoms with van der Waals surface area (Å²) in [4.78, 5) is 10.8. The second kappa shape index (κ2) is 8.69. The second-order valence-corrected chi connectivity index (χ2v) is 5.70. The summed E-state index contributed by atoms with van der Waals surface area (Å²) in [5.74, 6) is 1.33. The minimum absolute atomic E-state index is 0.362. The highest BCUT2D eigenvalue weighted by Gasteiger charge is 2.08. The predicted molar refractivity (Wildman–Crippen MR) is 97.8 cm³/mol. The first-order chi connectivity index (χ1) is 12.3. The molecule has 0 radical (unpaired) electrons. The fraction of sp³-hybridized carbons (Fsp3) is 0.136. The van der Waals surface area contributed by atoms with Crippen LogP contribution in [0.15, 0.2) is 78.9 Å². The van der Waals surface area contributed by atoms with Gasteiger partial charge in [-0.1, -0.05) is 66.7 Å². The summed E-state index contributed by atoms with van der Waals surface area (Å²) in [6, 6.07) is 25.6. The molecule has 0 aromatic heterocycles. The Morgan fingerprint density at radius 3 is 1.76 bits per heavy atom. The van der Waals surface area contributed by atoms with E-state index in [9.17, 15) is 4.79 Å². The van der Waals surface area contributed by atoms with E-state index in [1.54, 1.807) is 0 Å². The minimum Gasteiger partial charge on any atom is -0.485 e. The van der Waals surface area contributed by atoms with Crippen molar-refractivity contribution in [2.75, 3.05) is 0 Å². The first-order valence-electron chi connectivity index (χ1n) is 8.25. The van der Waals surface area contributed by atoms with Crippen LogP contribution < -0.4 is 9.47 Å². The summed E-state index contributed by atoms with van der Waals surface area (Å²) in [6.07, 6.45) is 1.25. The van der Waals surface area contributed by atoms with Gasteiger partial charge in [-0.2, -0.15) is 0 Å². The Hall–Kier alpha value is -3.07. The standard InChI is InChI=1S/C22H20O3/c23-14-13-18-11-12-21(24-16-19-7-3-1-4-8-19)22(15-18)25-17-20-9-5-2-6-10-20/h1-12,14-15H,13,16-17H2. The smallest absolute Gasteiger partial charge is 0.161 e. The third kappa shape index (κ3) is 4.95. The van der Waals surface area contributed by atoms with Gasteiger partial charge in [0.25, 0.3) is 0 Å². The number of aldehydes is 1. The summed E-state index contributed by atoms with van der Waals surface area (Å²) in [5, 5.41) is 0. The molecular weight excluding hydrogens is 312 g/mol. The molecule has 3 nitrogen and oxygen atoms in total. The first-order valence-corrected chi connectivity index (χ1v) is 8.25. The van der Waals surface area contributed by atoms with E-state index in [-0.39, 0.29) is 0 Å². The van der Waals surface area contributed by atoms with Crippen molar-refractivity contribution < 1.29 is 14.3 Å². The van der Waals surface area contributed by atoms with Crippen LogP contribution in [0.1, 0.15) is 16.7 Å². The summed E-state index contributed by atoms with van der Waals surface area (Å²) in [6.45, 7) is 0.919. The maximum absolute atomic E-state index is 10.8. The highest BCUT2D eigenvalue weighted by atomic mass is 16.5. The van der Waals surface area contributed by atoms with Crippen LogP contribution in [-0.4, -0.2) is 6.29 Å². The molecule has 25 heavy (non-hydrogen) atoms. The van der Waals surface area contributed by atoms with Crippen molar-refractivity contribution in [2.45, 2.75) is 19.6 Å². The van der Waals surface area contributed by atoms with Gasteiger partial charge in [-0.25, -0.2) is 0 Å². The van der Waals surface area contributed by atoms with Gasteiger partial charge >= 0.3 is 0 Å². The molecule has 126 valence electrons. The molecule has 0 aliphatic rings. The Kier molecular flexibility index (Phi) is 5.83. The van der Waals surface area contributed by atoms with Crippen LogP contribution >= 0.6 is 0 Å². The van der Waals surface area contributed by atoms with Gasteiger partial charge in [0.15, 0.2) is 11.5 Å². The van der Waals surface area contributed by atoms with Gasteiger partial charge in [-0.05, 0) is 28.8 Å². The van der Waals surface area contributed by atoms with Crippen LogP contribution in [0.4, 0.5) is 0 Å². The number of ether oxygens (including phenoxy) is 2. The first kappa shape index (κ1) is 16.8. The van der Waals surface area contributed by atoms with E-state index >= 15 is 0 Å². The van der Waals surface area contributed by atoms with E-state index in [4.69, 9.17) is 9.47 Å². The van der Waals surface area contributed by atoms with E-state index in [1.165, 1.54) is 0 Å². The van der Waals surface area contributed by atoms with Crippen LogP contribution in [0, 0.1) is 0 Å². The molecule has 0 bridgehead atoms. The number of rotatable bonds is 8. The summed E-state index contributed by atoms with van der Waals surface area (Å²) in [5.41, 5.74) is 3.08. The van der Waals surface area contributed by atoms with Crippen molar-refractivity contribution >= 4 is 6.29 Å². The van der Waals surface area contributed by atoms with Crippen molar-refractivity contribution in [3.8, 4) is 11.5 Å². The van der Waals surface area contributed by atoms with Gasteiger partial charge in [-0.3, -0.25) is 0 Å². The lowest BCUT2D eigenvalue weighted by Crippen LogP contribution is -2.01. The Morgan fingerprint density at radius 2 is 1.20 bits per heavy atom. The predicted octanol–water partition coefficient (Wildman–Crippen LogP) is 4.59. The number of carbonyl (C=O) groups excluding carboxylic acids is 1. The largest absolute Gasteiger partial charge is 0.485 e.